The maximum absolute atomic E-state index is 13.5. The van der Waals surface area contributed by atoms with Crippen LogP contribution in [0.5, 0.6) is 0 Å². The van der Waals surface area contributed by atoms with E-state index in [4.69, 9.17) is 0 Å². The molecule has 1 aliphatic heterocycles. The number of nitrogens with zero attached hydrogens (tertiary/aromatic N) is 2. The fourth-order valence-corrected chi connectivity index (χ4v) is 7.11. The standard InChI is InChI=1S/C24H34N2O4S2/c1-4-21(3)26(19-22-11-9-20(2)10-12-22)32(29,30)24-15-13-23(14-16-24)31(27,28)25-17-7-5-6-8-18-25/h9-16,21H,4-8,17-19H2,1-3H3/t21-/m1/s1. The zero-order valence-electron chi connectivity index (χ0n) is 19.2. The Morgan fingerprint density at radius 3 is 1.91 bits per heavy atom. The average molecular weight is 479 g/mol. The van der Waals surface area contributed by atoms with Gasteiger partial charge in [0.1, 0.15) is 0 Å². The van der Waals surface area contributed by atoms with Gasteiger partial charge in [0.15, 0.2) is 0 Å². The van der Waals surface area contributed by atoms with Crippen LogP contribution in [0.25, 0.3) is 0 Å². The second-order valence-corrected chi connectivity index (χ2v) is 12.4. The smallest absolute Gasteiger partial charge is 0.207 e. The van der Waals surface area contributed by atoms with Crippen molar-refractivity contribution >= 4 is 20.0 Å². The van der Waals surface area contributed by atoms with Crippen molar-refractivity contribution in [1.82, 2.24) is 8.61 Å². The lowest BCUT2D eigenvalue weighted by Gasteiger charge is -2.28. The highest BCUT2D eigenvalue weighted by Crippen LogP contribution is 2.26. The molecule has 0 aromatic heterocycles. The van der Waals surface area contributed by atoms with Gasteiger partial charge in [-0.1, -0.05) is 49.6 Å². The van der Waals surface area contributed by atoms with Gasteiger partial charge in [0.2, 0.25) is 20.0 Å². The maximum atomic E-state index is 13.5. The van der Waals surface area contributed by atoms with Crippen molar-refractivity contribution in [3.8, 4) is 0 Å². The lowest BCUT2D eigenvalue weighted by atomic mass is 10.1. The van der Waals surface area contributed by atoms with E-state index in [9.17, 15) is 16.8 Å². The van der Waals surface area contributed by atoms with Gasteiger partial charge in [0, 0.05) is 25.7 Å². The lowest BCUT2D eigenvalue weighted by Crippen LogP contribution is -2.37. The van der Waals surface area contributed by atoms with Gasteiger partial charge in [-0.05, 0) is 62.9 Å². The van der Waals surface area contributed by atoms with Crippen molar-refractivity contribution < 1.29 is 16.8 Å². The molecule has 1 atom stereocenters. The Bertz CT molecular complexity index is 1090. The highest BCUT2D eigenvalue weighted by atomic mass is 32.2. The maximum Gasteiger partial charge on any atom is 0.243 e. The van der Waals surface area contributed by atoms with Crippen LogP contribution in [0.4, 0.5) is 0 Å². The minimum atomic E-state index is -3.79. The van der Waals surface area contributed by atoms with Crippen LogP contribution >= 0.6 is 0 Å². The quantitative estimate of drug-likeness (QED) is 0.558. The van der Waals surface area contributed by atoms with Crippen molar-refractivity contribution in [3.63, 3.8) is 0 Å². The van der Waals surface area contributed by atoms with Gasteiger partial charge in [0.05, 0.1) is 9.79 Å². The number of aryl methyl sites for hydroxylation is 1. The molecule has 0 aliphatic carbocycles. The van der Waals surface area contributed by atoms with E-state index in [-0.39, 0.29) is 22.4 Å². The summed E-state index contributed by atoms with van der Waals surface area (Å²) in [4.78, 5) is 0.256. The topological polar surface area (TPSA) is 74.8 Å². The van der Waals surface area contributed by atoms with Crippen LogP contribution in [0.3, 0.4) is 0 Å². The summed E-state index contributed by atoms with van der Waals surface area (Å²) in [5.41, 5.74) is 2.03. The highest BCUT2D eigenvalue weighted by molar-refractivity contribution is 7.89. The largest absolute Gasteiger partial charge is 0.243 e. The molecule has 0 unspecified atom stereocenters. The summed E-state index contributed by atoms with van der Waals surface area (Å²) in [6.07, 6.45) is 4.46. The number of hydrogen-bond acceptors (Lipinski definition) is 4. The molecule has 1 heterocycles. The van der Waals surface area contributed by atoms with E-state index in [1.807, 2.05) is 45.0 Å². The van der Waals surface area contributed by atoms with Gasteiger partial charge in [0.25, 0.3) is 0 Å². The second-order valence-electron chi connectivity index (χ2n) is 8.58. The fourth-order valence-electron chi connectivity index (χ4n) is 3.90. The van der Waals surface area contributed by atoms with Crippen molar-refractivity contribution in [2.24, 2.45) is 0 Å². The highest BCUT2D eigenvalue weighted by Gasteiger charge is 2.30. The van der Waals surface area contributed by atoms with Gasteiger partial charge in [-0.25, -0.2) is 16.8 Å². The van der Waals surface area contributed by atoms with Crippen LogP contribution in [0.1, 0.15) is 57.1 Å². The Hall–Kier alpha value is -1.74. The second kappa shape index (κ2) is 10.5. The third-order valence-electron chi connectivity index (χ3n) is 6.17. The molecule has 176 valence electrons. The summed E-state index contributed by atoms with van der Waals surface area (Å²) in [6, 6.07) is 13.3. The number of benzene rings is 2. The van der Waals surface area contributed by atoms with Crippen LogP contribution in [-0.4, -0.2) is 44.6 Å². The van der Waals surface area contributed by atoms with Crippen LogP contribution in [0, 0.1) is 6.92 Å². The molecular weight excluding hydrogens is 444 g/mol. The molecule has 2 aromatic rings. The van der Waals surface area contributed by atoms with Gasteiger partial charge < -0.3 is 0 Å². The average Bonchev–Trinajstić information content (AvgIpc) is 3.08. The first-order valence-electron chi connectivity index (χ1n) is 11.3. The molecule has 8 heteroatoms. The van der Waals surface area contributed by atoms with Gasteiger partial charge in [-0.2, -0.15) is 8.61 Å². The van der Waals surface area contributed by atoms with E-state index in [1.165, 1.54) is 32.9 Å². The minimum Gasteiger partial charge on any atom is -0.207 e. The molecule has 1 aliphatic rings. The summed E-state index contributed by atoms with van der Waals surface area (Å²) >= 11 is 0. The Kier molecular flexibility index (Phi) is 8.14. The molecule has 0 saturated carbocycles. The van der Waals surface area contributed by atoms with Gasteiger partial charge >= 0.3 is 0 Å². The van der Waals surface area contributed by atoms with Gasteiger partial charge in [-0.3, -0.25) is 0 Å². The fraction of sp³-hybridized carbons (Fsp3) is 0.500. The van der Waals surface area contributed by atoms with E-state index >= 15 is 0 Å². The minimum absolute atomic E-state index is 0.111. The number of rotatable bonds is 8. The summed E-state index contributed by atoms with van der Waals surface area (Å²) in [7, 11) is -7.41. The molecular formula is C24H34N2O4S2. The molecule has 1 saturated heterocycles. The molecule has 6 nitrogen and oxygen atoms in total. The molecule has 0 radical (unpaired) electrons. The first kappa shape index (κ1) is 24.9. The summed E-state index contributed by atoms with van der Waals surface area (Å²) < 4.78 is 56.0. The zero-order chi connectivity index (χ0) is 23.4. The van der Waals surface area contributed by atoms with E-state index in [2.05, 4.69) is 0 Å². The van der Waals surface area contributed by atoms with Crippen LogP contribution in [0.15, 0.2) is 58.3 Å². The van der Waals surface area contributed by atoms with Crippen molar-refractivity contribution in [3.05, 3.63) is 59.7 Å². The van der Waals surface area contributed by atoms with Gasteiger partial charge in [-0.15, -0.1) is 0 Å². The van der Waals surface area contributed by atoms with E-state index < -0.39 is 20.0 Å². The van der Waals surface area contributed by atoms with Crippen molar-refractivity contribution in [2.75, 3.05) is 13.1 Å². The third-order valence-corrected chi connectivity index (χ3v) is 10.1. The Morgan fingerprint density at radius 2 is 1.38 bits per heavy atom. The zero-order valence-corrected chi connectivity index (χ0v) is 20.8. The summed E-state index contributed by atoms with van der Waals surface area (Å²) in [5, 5.41) is 0. The molecule has 3 rings (SSSR count). The van der Waals surface area contributed by atoms with E-state index in [0.29, 0.717) is 19.5 Å². The molecule has 0 N–H and O–H groups in total. The Labute approximate surface area is 193 Å². The van der Waals surface area contributed by atoms with E-state index in [1.54, 1.807) is 0 Å². The first-order chi connectivity index (χ1) is 15.2. The summed E-state index contributed by atoms with van der Waals surface area (Å²) in [6.45, 7) is 7.14. The number of hydrogen-bond donors (Lipinski definition) is 0. The first-order valence-corrected chi connectivity index (χ1v) is 14.2. The summed E-state index contributed by atoms with van der Waals surface area (Å²) in [5.74, 6) is 0. The third kappa shape index (κ3) is 5.60. The van der Waals surface area contributed by atoms with Crippen LogP contribution < -0.4 is 0 Å². The van der Waals surface area contributed by atoms with Crippen LogP contribution in [-0.2, 0) is 26.6 Å². The van der Waals surface area contributed by atoms with Crippen LogP contribution in [0.2, 0.25) is 0 Å². The van der Waals surface area contributed by atoms with E-state index in [0.717, 1.165) is 36.8 Å². The molecule has 1 fully saturated rings. The molecule has 0 spiro atoms. The normalized spacial score (nSPS) is 17.2. The molecule has 0 amide bonds. The Morgan fingerprint density at radius 1 is 0.844 bits per heavy atom. The SMILES string of the molecule is CC[C@@H](C)N(Cc1ccc(C)cc1)S(=O)(=O)c1ccc(S(=O)(=O)N2CCCCCC2)cc1. The molecule has 32 heavy (non-hydrogen) atoms. The van der Waals surface area contributed by atoms with Crippen molar-refractivity contribution in [1.29, 1.82) is 0 Å². The molecule has 0 bridgehead atoms. The monoisotopic (exact) mass is 478 g/mol. The predicted molar refractivity (Wildman–Crippen MR) is 127 cm³/mol. The molecule has 2 aromatic carbocycles. The number of sulfonamides is 2. The van der Waals surface area contributed by atoms with Crippen molar-refractivity contribution in [2.45, 2.75) is 75.3 Å². The Balaban J connectivity index is 1.87. The predicted octanol–water partition coefficient (Wildman–Crippen LogP) is 4.55. The lowest BCUT2D eigenvalue weighted by molar-refractivity contribution is 0.323.